The van der Waals surface area contributed by atoms with Crippen LogP contribution < -0.4 is 5.32 Å². The van der Waals surface area contributed by atoms with Gasteiger partial charge in [-0.1, -0.05) is 27.7 Å². The summed E-state index contributed by atoms with van der Waals surface area (Å²) >= 11 is 0. The largest absolute Gasteiger partial charge is 0.346 e. The maximum atomic E-state index is 12.0. The van der Waals surface area contributed by atoms with Crippen LogP contribution in [-0.4, -0.2) is 48.0 Å². The Labute approximate surface area is 153 Å². The number of carbonyl (C=O) groups excluding carboxylic acids is 1. The highest BCUT2D eigenvalue weighted by Gasteiger charge is 2.20. The zero-order valence-corrected chi connectivity index (χ0v) is 17.0. The molecule has 0 bridgehead atoms. The molecule has 144 valence electrons. The lowest BCUT2D eigenvalue weighted by atomic mass is 10.2. The Bertz CT molecular complexity index is 475. The van der Waals surface area contributed by atoms with Crippen molar-refractivity contribution in [3.8, 4) is 0 Å². The molecule has 0 fully saturated rings. The second-order valence-corrected chi connectivity index (χ2v) is 5.07. The molecule has 1 aromatic rings. The molecule has 0 radical (unpaired) electrons. The molecule has 1 amide bonds. The predicted molar refractivity (Wildman–Crippen MR) is 105 cm³/mol. The molecule has 0 unspecified atom stereocenters. The van der Waals surface area contributed by atoms with Crippen molar-refractivity contribution in [2.24, 2.45) is 0 Å². The minimum atomic E-state index is -0.475. The Kier molecular flexibility index (Phi) is 14.6. The molecule has 0 atom stereocenters. The Balaban J connectivity index is 0. The maximum Gasteiger partial charge on any atom is 0.269 e. The number of quaternary nitrogens is 1. The summed E-state index contributed by atoms with van der Waals surface area (Å²) < 4.78 is 0.973. The number of likely N-dealkylation sites (N-methyl/N-ethyl adjacent to an activating group) is 1. The van der Waals surface area contributed by atoms with Crippen molar-refractivity contribution in [1.29, 1.82) is 0 Å². The van der Waals surface area contributed by atoms with Crippen molar-refractivity contribution in [2.45, 2.75) is 48.5 Å². The summed E-state index contributed by atoms with van der Waals surface area (Å²) in [5, 5.41) is 13.4. The van der Waals surface area contributed by atoms with Gasteiger partial charge in [0, 0.05) is 17.7 Å². The van der Waals surface area contributed by atoms with Crippen LogP contribution in [0.25, 0.3) is 0 Å². The number of rotatable bonds is 8. The molecule has 0 saturated carbocycles. The molecule has 6 heteroatoms. The number of non-ortho nitro benzene ring substituents is 1. The monoisotopic (exact) mass is 354 g/mol. The van der Waals surface area contributed by atoms with Crippen LogP contribution in [0.15, 0.2) is 24.3 Å². The number of hydrogen-bond donors (Lipinski definition) is 1. The molecule has 1 N–H and O–H groups in total. The summed E-state index contributed by atoms with van der Waals surface area (Å²) in [6.07, 6.45) is 0. The van der Waals surface area contributed by atoms with Crippen LogP contribution in [-0.2, 0) is 0 Å². The van der Waals surface area contributed by atoms with Crippen molar-refractivity contribution in [2.75, 3.05) is 32.7 Å². The first kappa shape index (κ1) is 25.3. The Morgan fingerprint density at radius 2 is 1.44 bits per heavy atom. The van der Waals surface area contributed by atoms with Gasteiger partial charge in [0.2, 0.25) is 0 Å². The Hall–Kier alpha value is -1.95. The van der Waals surface area contributed by atoms with E-state index in [2.05, 4.69) is 26.1 Å². The van der Waals surface area contributed by atoms with Gasteiger partial charge in [-0.2, -0.15) is 0 Å². The first-order valence-corrected chi connectivity index (χ1v) is 9.35. The third-order valence-electron chi connectivity index (χ3n) is 4.22. The normalized spacial score (nSPS) is 9.88. The van der Waals surface area contributed by atoms with Crippen molar-refractivity contribution >= 4 is 11.6 Å². The average Bonchev–Trinajstić information content (AvgIpc) is 2.68. The molecule has 25 heavy (non-hydrogen) atoms. The van der Waals surface area contributed by atoms with Crippen LogP contribution in [0.2, 0.25) is 0 Å². The second kappa shape index (κ2) is 14.4. The number of amides is 1. The van der Waals surface area contributed by atoms with E-state index in [4.69, 9.17) is 0 Å². The summed E-state index contributed by atoms with van der Waals surface area (Å²) in [5.74, 6) is -0.189. The summed E-state index contributed by atoms with van der Waals surface area (Å²) in [4.78, 5) is 22.1. The van der Waals surface area contributed by atoms with Gasteiger partial charge in [0.25, 0.3) is 11.6 Å². The predicted octanol–water partition coefficient (Wildman–Crippen LogP) is 4.25. The quantitative estimate of drug-likeness (QED) is 0.431. The number of nitro groups is 1. The van der Waals surface area contributed by atoms with E-state index in [9.17, 15) is 14.9 Å². The number of hydrogen-bond acceptors (Lipinski definition) is 3. The first-order valence-electron chi connectivity index (χ1n) is 9.35. The van der Waals surface area contributed by atoms with Gasteiger partial charge in [-0.05, 0) is 32.9 Å². The lowest BCUT2D eigenvalue weighted by Crippen LogP contribution is -2.51. The van der Waals surface area contributed by atoms with E-state index in [1.54, 1.807) is 0 Å². The molecular formula is C19H36N3O3+. The van der Waals surface area contributed by atoms with Crippen LogP contribution in [0, 0.1) is 10.1 Å². The molecule has 0 spiro atoms. The third kappa shape index (κ3) is 8.63. The maximum absolute atomic E-state index is 12.0. The lowest BCUT2D eigenvalue weighted by molar-refractivity contribution is -0.922. The fourth-order valence-corrected chi connectivity index (χ4v) is 2.39. The Morgan fingerprint density at radius 1 is 1.00 bits per heavy atom. The minimum Gasteiger partial charge on any atom is -0.346 e. The molecule has 0 heterocycles. The van der Waals surface area contributed by atoms with Gasteiger partial charge >= 0.3 is 0 Å². The highest BCUT2D eigenvalue weighted by molar-refractivity contribution is 5.94. The molecular weight excluding hydrogens is 318 g/mol. The van der Waals surface area contributed by atoms with Crippen molar-refractivity contribution in [3.05, 3.63) is 39.9 Å². The zero-order chi connectivity index (χ0) is 19.9. The fraction of sp³-hybridized carbons (Fsp3) is 0.632. The van der Waals surface area contributed by atoms with Crippen LogP contribution in [0.1, 0.15) is 58.8 Å². The third-order valence-corrected chi connectivity index (χ3v) is 4.22. The summed E-state index contributed by atoms with van der Waals surface area (Å²) in [7, 11) is 0. The van der Waals surface area contributed by atoms with Gasteiger partial charge in [0.05, 0.1) is 37.6 Å². The van der Waals surface area contributed by atoms with E-state index >= 15 is 0 Å². The van der Waals surface area contributed by atoms with Gasteiger partial charge in [0.1, 0.15) is 0 Å². The van der Waals surface area contributed by atoms with Crippen LogP contribution in [0.4, 0.5) is 5.69 Å². The highest BCUT2D eigenvalue weighted by atomic mass is 16.6. The highest BCUT2D eigenvalue weighted by Crippen LogP contribution is 2.11. The van der Waals surface area contributed by atoms with Crippen molar-refractivity contribution in [1.82, 2.24) is 5.32 Å². The zero-order valence-electron chi connectivity index (χ0n) is 17.0. The number of carbonyl (C=O) groups is 1. The number of nitrogens with one attached hydrogen (secondary N) is 1. The molecule has 0 aliphatic carbocycles. The summed E-state index contributed by atoms with van der Waals surface area (Å²) in [6.45, 7) is 19.1. The van der Waals surface area contributed by atoms with E-state index < -0.39 is 4.92 Å². The second-order valence-electron chi connectivity index (χ2n) is 5.07. The van der Waals surface area contributed by atoms with Gasteiger partial charge in [-0.3, -0.25) is 14.9 Å². The van der Waals surface area contributed by atoms with E-state index in [1.165, 1.54) is 24.3 Å². The van der Waals surface area contributed by atoms with Crippen molar-refractivity contribution < 1.29 is 14.2 Å². The Morgan fingerprint density at radius 3 is 1.80 bits per heavy atom. The molecule has 1 rings (SSSR count). The van der Waals surface area contributed by atoms with E-state index in [1.807, 2.05) is 27.7 Å². The smallest absolute Gasteiger partial charge is 0.269 e. The van der Waals surface area contributed by atoms with Gasteiger partial charge in [0.15, 0.2) is 0 Å². The summed E-state index contributed by atoms with van der Waals surface area (Å²) in [5.41, 5.74) is 0.438. The van der Waals surface area contributed by atoms with Gasteiger partial charge in [-0.15, -0.1) is 0 Å². The van der Waals surface area contributed by atoms with Gasteiger partial charge < -0.3 is 9.80 Å². The van der Waals surface area contributed by atoms with E-state index in [-0.39, 0.29) is 11.6 Å². The van der Waals surface area contributed by atoms with E-state index in [0.717, 1.165) is 30.7 Å². The minimum absolute atomic E-state index is 0.00909. The molecule has 0 aromatic heterocycles. The SMILES string of the molecule is CC.CC.CC[N+](CC)(CC)CCNC(=O)c1ccc([N+](=O)[O-])cc1. The molecule has 0 saturated heterocycles. The lowest BCUT2D eigenvalue weighted by Gasteiger charge is -2.35. The van der Waals surface area contributed by atoms with Gasteiger partial charge in [-0.25, -0.2) is 0 Å². The van der Waals surface area contributed by atoms with Crippen LogP contribution >= 0.6 is 0 Å². The average molecular weight is 355 g/mol. The number of nitrogens with zero attached hydrogens (tertiary/aromatic N) is 2. The topological polar surface area (TPSA) is 72.2 Å². The summed E-state index contributed by atoms with van der Waals surface area (Å²) in [6, 6.07) is 5.66. The fourth-order valence-electron chi connectivity index (χ4n) is 2.39. The molecule has 1 aromatic carbocycles. The number of benzene rings is 1. The van der Waals surface area contributed by atoms with Crippen LogP contribution in [0.5, 0.6) is 0 Å². The number of nitro benzene ring substituents is 1. The van der Waals surface area contributed by atoms with Crippen LogP contribution in [0.3, 0.4) is 0 Å². The molecule has 0 aliphatic heterocycles. The van der Waals surface area contributed by atoms with E-state index in [0.29, 0.717) is 12.1 Å². The van der Waals surface area contributed by atoms with Crippen molar-refractivity contribution in [3.63, 3.8) is 0 Å². The molecule has 0 aliphatic rings. The standard InChI is InChI=1S/C15H23N3O3.2C2H6/c1-4-18(5-2,6-3)12-11-16-15(19)13-7-9-14(10-8-13)17(20)21;2*1-2/h7-10H,4-6,11-12H2,1-3H3;2*1-2H3/p+1. The first-order chi connectivity index (χ1) is 12.0. The molecule has 6 nitrogen and oxygen atoms in total.